The van der Waals surface area contributed by atoms with Crippen LogP contribution in [0.2, 0.25) is 0 Å². The van der Waals surface area contributed by atoms with Crippen LogP contribution in [0, 0.1) is 5.92 Å². The monoisotopic (exact) mass is 262 g/mol. The summed E-state index contributed by atoms with van der Waals surface area (Å²) in [5.74, 6) is 0.395. The number of hydrogen-bond acceptors (Lipinski definition) is 3. The number of carbonyl (C=O) groups is 2. The lowest BCUT2D eigenvalue weighted by Gasteiger charge is -2.35. The highest BCUT2D eigenvalue weighted by atomic mass is 16.2. The van der Waals surface area contributed by atoms with Crippen molar-refractivity contribution < 1.29 is 9.59 Å². The lowest BCUT2D eigenvalue weighted by molar-refractivity contribution is -0.146. The molecule has 1 atom stereocenters. The van der Waals surface area contributed by atoms with Gasteiger partial charge in [0.15, 0.2) is 0 Å². The van der Waals surface area contributed by atoms with Gasteiger partial charge in [-0.2, -0.15) is 5.10 Å². The molecule has 6 nitrogen and oxygen atoms in total. The summed E-state index contributed by atoms with van der Waals surface area (Å²) in [4.78, 5) is 25.7. The van der Waals surface area contributed by atoms with Gasteiger partial charge in [0.1, 0.15) is 6.04 Å². The summed E-state index contributed by atoms with van der Waals surface area (Å²) in [5.41, 5.74) is 1.09. The number of carbonyl (C=O) groups excluding carboxylic acids is 2. The molecule has 0 bridgehead atoms. The summed E-state index contributed by atoms with van der Waals surface area (Å²) >= 11 is 0. The number of aromatic nitrogens is 2. The lowest BCUT2D eigenvalue weighted by Crippen LogP contribution is -2.59. The molecular formula is C13H18N4O2. The van der Waals surface area contributed by atoms with Crippen molar-refractivity contribution in [2.45, 2.75) is 25.3 Å². The first-order valence-corrected chi connectivity index (χ1v) is 6.70. The van der Waals surface area contributed by atoms with Gasteiger partial charge in [0, 0.05) is 19.8 Å². The molecule has 3 rings (SSSR count). The van der Waals surface area contributed by atoms with Crippen LogP contribution in [0.15, 0.2) is 12.4 Å². The second-order valence-electron chi connectivity index (χ2n) is 5.36. The molecule has 0 spiro atoms. The fourth-order valence-corrected chi connectivity index (χ4v) is 2.66. The minimum atomic E-state index is -0.252. The van der Waals surface area contributed by atoms with E-state index in [1.54, 1.807) is 15.8 Å². The molecule has 102 valence electrons. The topological polar surface area (TPSA) is 67.2 Å². The molecule has 1 aromatic heterocycles. The smallest absolute Gasteiger partial charge is 0.243 e. The van der Waals surface area contributed by atoms with Gasteiger partial charge >= 0.3 is 0 Å². The molecule has 6 heteroatoms. The quantitative estimate of drug-likeness (QED) is 0.810. The minimum absolute atomic E-state index is 0.00767. The maximum Gasteiger partial charge on any atom is 0.243 e. The second kappa shape index (κ2) is 4.68. The van der Waals surface area contributed by atoms with Crippen LogP contribution in [-0.4, -0.2) is 45.6 Å². The van der Waals surface area contributed by atoms with Crippen LogP contribution in [0.4, 0.5) is 0 Å². The third kappa shape index (κ3) is 2.47. The third-order valence-corrected chi connectivity index (χ3v) is 3.81. The number of rotatable bonds is 4. The predicted molar refractivity (Wildman–Crippen MR) is 68.1 cm³/mol. The molecular weight excluding hydrogens is 244 g/mol. The van der Waals surface area contributed by atoms with Crippen LogP contribution in [0.1, 0.15) is 18.4 Å². The van der Waals surface area contributed by atoms with Gasteiger partial charge < -0.3 is 10.2 Å². The molecule has 1 unspecified atom stereocenters. The fourth-order valence-electron chi connectivity index (χ4n) is 2.66. The minimum Gasteiger partial charge on any atom is -0.345 e. The molecule has 0 aromatic carbocycles. The Balaban J connectivity index is 1.69. The summed E-state index contributed by atoms with van der Waals surface area (Å²) in [7, 11) is 1.87. The Kier molecular flexibility index (Phi) is 3.00. The highest BCUT2D eigenvalue weighted by Gasteiger charge is 2.44. The van der Waals surface area contributed by atoms with Gasteiger partial charge in [0.05, 0.1) is 12.7 Å². The molecule has 0 radical (unpaired) electrons. The third-order valence-electron chi connectivity index (χ3n) is 3.81. The van der Waals surface area contributed by atoms with E-state index in [4.69, 9.17) is 0 Å². The Morgan fingerprint density at radius 3 is 2.84 bits per heavy atom. The number of nitrogens with one attached hydrogen (secondary N) is 1. The molecule has 2 aliphatic rings. The number of aryl methyl sites for hydroxylation is 1. The van der Waals surface area contributed by atoms with Crippen LogP contribution >= 0.6 is 0 Å². The molecule has 1 N–H and O–H groups in total. The van der Waals surface area contributed by atoms with Crippen molar-refractivity contribution in [3.63, 3.8) is 0 Å². The maximum atomic E-state index is 12.0. The molecule has 1 aliphatic heterocycles. The fraction of sp³-hybridized carbons (Fsp3) is 0.615. The molecule has 1 aliphatic carbocycles. The zero-order chi connectivity index (χ0) is 13.4. The van der Waals surface area contributed by atoms with Crippen molar-refractivity contribution in [3.8, 4) is 0 Å². The Morgan fingerprint density at radius 1 is 1.42 bits per heavy atom. The van der Waals surface area contributed by atoms with E-state index in [0.717, 1.165) is 24.8 Å². The number of piperazine rings is 1. The van der Waals surface area contributed by atoms with Crippen molar-refractivity contribution in [2.75, 3.05) is 13.1 Å². The van der Waals surface area contributed by atoms with Gasteiger partial charge in [-0.25, -0.2) is 0 Å². The van der Waals surface area contributed by atoms with Gasteiger partial charge in [0.25, 0.3) is 0 Å². The first-order valence-electron chi connectivity index (χ1n) is 6.70. The second-order valence-corrected chi connectivity index (χ2v) is 5.36. The van der Waals surface area contributed by atoms with E-state index in [-0.39, 0.29) is 24.4 Å². The Hall–Kier alpha value is -1.85. The summed E-state index contributed by atoms with van der Waals surface area (Å²) in [5, 5.41) is 6.80. The van der Waals surface area contributed by atoms with Gasteiger partial charge in [-0.3, -0.25) is 14.3 Å². The molecule has 1 saturated heterocycles. The van der Waals surface area contributed by atoms with E-state index in [0.29, 0.717) is 12.5 Å². The summed E-state index contributed by atoms with van der Waals surface area (Å²) in [6.07, 6.45) is 6.60. The zero-order valence-electron chi connectivity index (χ0n) is 11.0. The number of hydrogen-bond donors (Lipinski definition) is 1. The highest BCUT2D eigenvalue weighted by Crippen LogP contribution is 2.36. The van der Waals surface area contributed by atoms with Gasteiger partial charge in [-0.1, -0.05) is 0 Å². The highest BCUT2D eigenvalue weighted by molar-refractivity contribution is 5.95. The first-order chi connectivity index (χ1) is 9.15. The number of nitrogens with zero attached hydrogens (tertiary/aromatic N) is 3. The van der Waals surface area contributed by atoms with Gasteiger partial charge in [-0.05, 0) is 30.7 Å². The van der Waals surface area contributed by atoms with Gasteiger partial charge in [0.2, 0.25) is 11.8 Å². The standard InChI is InChI=1S/C13H18N4O2/c1-16-8-9(6-15-16)4-5-17-11(18)7-14-13(19)12(17)10-2-3-10/h6,8,10,12H,2-5,7H2,1H3,(H,14,19). The molecule has 2 amide bonds. The van der Waals surface area contributed by atoms with Crippen molar-refractivity contribution in [3.05, 3.63) is 18.0 Å². The van der Waals surface area contributed by atoms with Crippen molar-refractivity contribution in [1.82, 2.24) is 20.0 Å². The molecule has 19 heavy (non-hydrogen) atoms. The number of amides is 2. The summed E-state index contributed by atoms with van der Waals surface area (Å²) in [6, 6.07) is -0.252. The average Bonchev–Trinajstić information content (AvgIpc) is 3.13. The van der Waals surface area contributed by atoms with E-state index in [2.05, 4.69) is 10.4 Å². The SMILES string of the molecule is Cn1cc(CCN2C(=O)CNC(=O)C2C2CC2)cn1. The van der Waals surface area contributed by atoms with Crippen LogP contribution in [-0.2, 0) is 23.1 Å². The van der Waals surface area contributed by atoms with E-state index in [1.165, 1.54) is 0 Å². The van der Waals surface area contributed by atoms with Crippen molar-refractivity contribution >= 4 is 11.8 Å². The first kappa shape index (κ1) is 12.2. The van der Waals surface area contributed by atoms with Crippen molar-refractivity contribution in [1.29, 1.82) is 0 Å². The van der Waals surface area contributed by atoms with Crippen molar-refractivity contribution in [2.24, 2.45) is 13.0 Å². The average molecular weight is 262 g/mol. The van der Waals surface area contributed by atoms with E-state index < -0.39 is 0 Å². The van der Waals surface area contributed by atoms with Crippen LogP contribution < -0.4 is 5.32 Å². The Morgan fingerprint density at radius 2 is 2.21 bits per heavy atom. The van der Waals surface area contributed by atoms with Gasteiger partial charge in [-0.15, -0.1) is 0 Å². The predicted octanol–water partition coefficient (Wildman–Crippen LogP) is -0.300. The Labute approximate surface area is 111 Å². The normalized spacial score (nSPS) is 23.6. The van der Waals surface area contributed by atoms with Crippen LogP contribution in [0.25, 0.3) is 0 Å². The molecule has 2 fully saturated rings. The summed E-state index contributed by atoms with van der Waals surface area (Å²) < 4.78 is 1.75. The molecule has 2 heterocycles. The Bertz CT molecular complexity index is 506. The molecule has 1 aromatic rings. The largest absolute Gasteiger partial charge is 0.345 e. The van der Waals surface area contributed by atoms with E-state index in [1.807, 2.05) is 13.2 Å². The lowest BCUT2D eigenvalue weighted by atomic mass is 10.1. The maximum absolute atomic E-state index is 12.0. The van der Waals surface area contributed by atoms with E-state index >= 15 is 0 Å². The molecule has 1 saturated carbocycles. The van der Waals surface area contributed by atoms with Crippen LogP contribution in [0.3, 0.4) is 0 Å². The summed E-state index contributed by atoms with van der Waals surface area (Å²) in [6.45, 7) is 0.730. The van der Waals surface area contributed by atoms with Crippen LogP contribution in [0.5, 0.6) is 0 Å². The zero-order valence-corrected chi connectivity index (χ0v) is 11.0. The van der Waals surface area contributed by atoms with E-state index in [9.17, 15) is 9.59 Å².